The van der Waals surface area contributed by atoms with Gasteiger partial charge in [-0.05, 0) is 31.9 Å². The zero-order chi connectivity index (χ0) is 17.9. The van der Waals surface area contributed by atoms with Gasteiger partial charge in [-0.1, -0.05) is 19.1 Å². The highest BCUT2D eigenvalue weighted by atomic mass is 32.1. The molecule has 0 amide bonds. The predicted molar refractivity (Wildman–Crippen MR) is 90.9 cm³/mol. The molecule has 1 heterocycles. The summed E-state index contributed by atoms with van der Waals surface area (Å²) in [6, 6.07) is 5.94. The number of esters is 1. The number of carbonyl (C=O) groups excluding carboxylic acids is 2. The van der Waals surface area contributed by atoms with Gasteiger partial charge in [0, 0.05) is 22.1 Å². The maximum absolute atomic E-state index is 12.1. The lowest BCUT2D eigenvalue weighted by molar-refractivity contribution is -0.385. The summed E-state index contributed by atoms with van der Waals surface area (Å²) in [7, 11) is 0. The number of aryl methyl sites for hydroxylation is 3. The Bertz CT molecular complexity index is 809. The van der Waals surface area contributed by atoms with Gasteiger partial charge in [-0.15, -0.1) is 11.3 Å². The molecule has 126 valence electrons. The molecule has 0 aliphatic rings. The Morgan fingerprint density at radius 3 is 2.50 bits per heavy atom. The van der Waals surface area contributed by atoms with Gasteiger partial charge in [0.1, 0.15) is 4.88 Å². The van der Waals surface area contributed by atoms with E-state index in [-0.39, 0.29) is 11.3 Å². The molecule has 1 aromatic heterocycles. The number of nitro groups is 1. The number of ketones is 1. The summed E-state index contributed by atoms with van der Waals surface area (Å²) in [6.45, 7) is 5.07. The molecule has 0 unspecified atom stereocenters. The van der Waals surface area contributed by atoms with E-state index in [0.29, 0.717) is 10.4 Å². The van der Waals surface area contributed by atoms with E-state index in [1.54, 1.807) is 13.0 Å². The van der Waals surface area contributed by atoms with Crippen LogP contribution in [0.3, 0.4) is 0 Å². The first-order chi connectivity index (χ1) is 11.3. The second kappa shape index (κ2) is 7.35. The molecule has 2 rings (SSSR count). The van der Waals surface area contributed by atoms with Crippen molar-refractivity contribution in [1.29, 1.82) is 0 Å². The summed E-state index contributed by atoms with van der Waals surface area (Å²) in [5, 5.41) is 10.9. The SMILES string of the molecule is CCc1sc(C(=O)OCC(=O)c2ccc(C)c([N+](=O)[O-])c2)cc1C. The Hall–Kier alpha value is -2.54. The molecule has 6 nitrogen and oxygen atoms in total. The highest BCUT2D eigenvalue weighted by Gasteiger charge is 2.18. The molecule has 2 aromatic rings. The van der Waals surface area contributed by atoms with Crippen molar-refractivity contribution >= 4 is 28.8 Å². The van der Waals surface area contributed by atoms with Crippen molar-refractivity contribution in [2.24, 2.45) is 0 Å². The van der Waals surface area contributed by atoms with Crippen LogP contribution in [0.4, 0.5) is 5.69 Å². The normalized spacial score (nSPS) is 10.5. The van der Waals surface area contributed by atoms with Crippen molar-refractivity contribution in [1.82, 2.24) is 0 Å². The minimum absolute atomic E-state index is 0.131. The van der Waals surface area contributed by atoms with Crippen molar-refractivity contribution in [3.8, 4) is 0 Å². The van der Waals surface area contributed by atoms with Gasteiger partial charge in [-0.2, -0.15) is 0 Å². The van der Waals surface area contributed by atoms with Crippen LogP contribution >= 0.6 is 11.3 Å². The number of thiophene rings is 1. The van der Waals surface area contributed by atoms with E-state index >= 15 is 0 Å². The average molecular weight is 347 g/mol. The molecule has 0 fully saturated rings. The molecule has 0 radical (unpaired) electrons. The maximum Gasteiger partial charge on any atom is 0.348 e. The number of benzene rings is 1. The first kappa shape index (κ1) is 17.8. The number of rotatable bonds is 6. The summed E-state index contributed by atoms with van der Waals surface area (Å²) in [6.07, 6.45) is 0.829. The monoisotopic (exact) mass is 347 g/mol. The first-order valence-corrected chi connectivity index (χ1v) is 8.19. The third kappa shape index (κ3) is 3.86. The summed E-state index contributed by atoms with van der Waals surface area (Å²) >= 11 is 1.35. The average Bonchev–Trinajstić information content (AvgIpc) is 2.93. The minimum atomic E-state index is -0.558. The number of hydrogen-bond acceptors (Lipinski definition) is 6. The van der Waals surface area contributed by atoms with E-state index in [0.717, 1.165) is 16.9 Å². The Kier molecular flexibility index (Phi) is 5.46. The van der Waals surface area contributed by atoms with Crippen LogP contribution in [0.15, 0.2) is 24.3 Å². The fourth-order valence-electron chi connectivity index (χ4n) is 2.24. The summed E-state index contributed by atoms with van der Waals surface area (Å²) in [4.78, 5) is 36.0. The molecule has 24 heavy (non-hydrogen) atoms. The predicted octanol–water partition coefficient (Wildman–Crippen LogP) is 3.88. The van der Waals surface area contributed by atoms with E-state index in [9.17, 15) is 19.7 Å². The second-order valence-electron chi connectivity index (χ2n) is 5.33. The highest BCUT2D eigenvalue weighted by molar-refractivity contribution is 7.14. The molecule has 7 heteroatoms. The van der Waals surface area contributed by atoms with Crippen molar-refractivity contribution in [3.63, 3.8) is 0 Å². The summed E-state index contributed by atoms with van der Waals surface area (Å²) < 4.78 is 5.04. The molecule has 0 aliphatic carbocycles. The Labute approximate surface area is 143 Å². The molecular weight excluding hydrogens is 330 g/mol. The number of nitrogens with zero attached hydrogens (tertiary/aromatic N) is 1. The third-order valence-electron chi connectivity index (χ3n) is 3.61. The standard InChI is InChI=1S/C17H17NO5S/c1-4-15-11(3)7-16(24-15)17(20)23-9-14(19)12-6-5-10(2)13(8-12)18(21)22/h5-8H,4,9H2,1-3H3. The zero-order valence-electron chi connectivity index (χ0n) is 13.6. The minimum Gasteiger partial charge on any atom is -0.453 e. The van der Waals surface area contributed by atoms with Crippen LogP contribution in [-0.4, -0.2) is 23.3 Å². The Balaban J connectivity index is 2.06. The van der Waals surface area contributed by atoms with Gasteiger partial charge in [0.05, 0.1) is 4.92 Å². The van der Waals surface area contributed by atoms with E-state index in [4.69, 9.17) is 4.74 Å². The lowest BCUT2D eigenvalue weighted by Gasteiger charge is -2.04. The number of nitro benzene ring substituents is 1. The van der Waals surface area contributed by atoms with Crippen LogP contribution in [0.5, 0.6) is 0 Å². The first-order valence-electron chi connectivity index (χ1n) is 7.38. The van der Waals surface area contributed by atoms with Gasteiger partial charge in [-0.3, -0.25) is 14.9 Å². The van der Waals surface area contributed by atoms with Gasteiger partial charge in [0.2, 0.25) is 5.78 Å². The Morgan fingerprint density at radius 1 is 1.21 bits per heavy atom. The van der Waals surface area contributed by atoms with Gasteiger partial charge in [-0.25, -0.2) is 4.79 Å². The number of ether oxygens (including phenoxy) is 1. The lowest BCUT2D eigenvalue weighted by Crippen LogP contribution is -2.14. The third-order valence-corrected chi connectivity index (χ3v) is 4.97. The molecule has 0 saturated heterocycles. The molecule has 0 bridgehead atoms. The van der Waals surface area contributed by atoms with E-state index < -0.39 is 23.3 Å². The van der Waals surface area contributed by atoms with Crippen molar-refractivity contribution in [2.75, 3.05) is 6.61 Å². The molecule has 0 aliphatic heterocycles. The van der Waals surface area contributed by atoms with Crippen molar-refractivity contribution in [3.05, 3.63) is 60.8 Å². The Morgan fingerprint density at radius 2 is 1.92 bits per heavy atom. The second-order valence-corrected chi connectivity index (χ2v) is 6.46. The van der Waals surface area contributed by atoms with Crippen molar-refractivity contribution < 1.29 is 19.2 Å². The number of hydrogen-bond donors (Lipinski definition) is 0. The number of carbonyl (C=O) groups is 2. The van der Waals surface area contributed by atoms with Crippen LogP contribution in [0.25, 0.3) is 0 Å². The van der Waals surface area contributed by atoms with Crippen LogP contribution in [-0.2, 0) is 11.2 Å². The van der Waals surface area contributed by atoms with E-state index in [1.165, 1.54) is 29.5 Å². The molecule has 0 atom stereocenters. The molecular formula is C17H17NO5S. The van der Waals surface area contributed by atoms with Crippen LogP contribution in [0.1, 0.15) is 43.0 Å². The van der Waals surface area contributed by atoms with Crippen LogP contribution in [0, 0.1) is 24.0 Å². The summed E-state index contributed by atoms with van der Waals surface area (Å²) in [5.74, 6) is -1.03. The van der Waals surface area contributed by atoms with Gasteiger partial charge in [0.15, 0.2) is 6.61 Å². The van der Waals surface area contributed by atoms with Crippen LogP contribution < -0.4 is 0 Å². The largest absolute Gasteiger partial charge is 0.453 e. The van der Waals surface area contributed by atoms with Crippen LogP contribution in [0.2, 0.25) is 0 Å². The smallest absolute Gasteiger partial charge is 0.348 e. The fraction of sp³-hybridized carbons (Fsp3) is 0.294. The van der Waals surface area contributed by atoms with Gasteiger partial charge >= 0.3 is 5.97 Å². The highest BCUT2D eigenvalue weighted by Crippen LogP contribution is 2.23. The molecule has 0 saturated carbocycles. The van der Waals surface area contributed by atoms with E-state index in [2.05, 4.69) is 0 Å². The molecule has 0 N–H and O–H groups in total. The maximum atomic E-state index is 12.1. The fourth-order valence-corrected chi connectivity index (χ4v) is 3.24. The quantitative estimate of drug-likeness (QED) is 0.342. The zero-order valence-corrected chi connectivity index (χ0v) is 14.4. The van der Waals surface area contributed by atoms with Gasteiger partial charge < -0.3 is 4.74 Å². The molecule has 1 aromatic carbocycles. The van der Waals surface area contributed by atoms with Crippen molar-refractivity contribution in [2.45, 2.75) is 27.2 Å². The summed E-state index contributed by atoms with van der Waals surface area (Å²) in [5.41, 5.74) is 1.51. The van der Waals surface area contributed by atoms with E-state index in [1.807, 2.05) is 13.8 Å². The topological polar surface area (TPSA) is 86.5 Å². The lowest BCUT2D eigenvalue weighted by atomic mass is 10.1. The van der Waals surface area contributed by atoms with Gasteiger partial charge in [0.25, 0.3) is 5.69 Å². The molecule has 0 spiro atoms. The number of Topliss-reactive ketones (excluding diaryl/α,β-unsaturated/α-hetero) is 1.